The highest BCUT2D eigenvalue weighted by Crippen LogP contribution is 2.49. The van der Waals surface area contributed by atoms with Gasteiger partial charge in [-0.1, -0.05) is 74.5 Å². The molecule has 0 saturated heterocycles. The predicted octanol–water partition coefficient (Wildman–Crippen LogP) is 9.58. The molecule has 3 heteroatoms. The third kappa shape index (κ3) is 3.01. The van der Waals surface area contributed by atoms with Crippen LogP contribution in [0.4, 0.5) is 0 Å². The Bertz CT molecular complexity index is 2350. The van der Waals surface area contributed by atoms with Gasteiger partial charge in [-0.15, -0.1) is 0 Å². The molecule has 1 aliphatic rings. The molecule has 194 valence electrons. The molecule has 5 aromatic carbocycles. The Kier molecular flexibility index (Phi) is 4.39. The lowest BCUT2D eigenvalue weighted by Gasteiger charge is -2.22. The van der Waals surface area contributed by atoms with Gasteiger partial charge in [0.25, 0.3) is 0 Å². The van der Waals surface area contributed by atoms with Gasteiger partial charge in [0, 0.05) is 40.0 Å². The molecule has 1 aliphatic carbocycles. The Balaban J connectivity index is 1.32. The SMILES string of the molecule is CC1(C)c2ccccc2-c2ccc(-n3c4cccnc4c4ccc5c(ccn5-c5ccc6ccccc6c5)c43)cc21. The minimum absolute atomic E-state index is 0.0618. The number of aromatic nitrogens is 3. The van der Waals surface area contributed by atoms with Crippen LogP contribution in [-0.2, 0) is 5.41 Å². The maximum absolute atomic E-state index is 4.87. The van der Waals surface area contributed by atoms with Crippen LogP contribution in [0.1, 0.15) is 25.0 Å². The second-order valence-corrected chi connectivity index (χ2v) is 11.7. The number of pyridine rings is 1. The smallest absolute Gasteiger partial charge is 0.0963 e. The van der Waals surface area contributed by atoms with Crippen LogP contribution in [0, 0.1) is 0 Å². The molecule has 0 atom stereocenters. The van der Waals surface area contributed by atoms with Crippen LogP contribution in [0.25, 0.3) is 66.1 Å². The number of benzene rings is 5. The van der Waals surface area contributed by atoms with Gasteiger partial charge in [0.05, 0.1) is 22.1 Å². The van der Waals surface area contributed by atoms with Crippen molar-refractivity contribution in [3.63, 3.8) is 0 Å². The normalized spacial score (nSPS) is 13.8. The van der Waals surface area contributed by atoms with Crippen molar-refractivity contribution in [1.29, 1.82) is 0 Å². The Morgan fingerprint density at radius 1 is 0.585 bits per heavy atom. The van der Waals surface area contributed by atoms with E-state index in [1.54, 1.807) is 0 Å². The summed E-state index contributed by atoms with van der Waals surface area (Å²) < 4.78 is 4.73. The second-order valence-electron chi connectivity index (χ2n) is 11.7. The molecule has 3 nitrogen and oxygen atoms in total. The molecule has 0 radical (unpaired) electrons. The number of hydrogen-bond donors (Lipinski definition) is 0. The van der Waals surface area contributed by atoms with Crippen molar-refractivity contribution >= 4 is 43.6 Å². The highest BCUT2D eigenvalue weighted by molar-refractivity contribution is 6.17. The van der Waals surface area contributed by atoms with Crippen LogP contribution < -0.4 is 0 Å². The Hall–Kier alpha value is -5.15. The summed E-state index contributed by atoms with van der Waals surface area (Å²) in [6, 6.07) is 42.1. The zero-order valence-corrected chi connectivity index (χ0v) is 23.0. The number of fused-ring (bicyclic) bond motifs is 9. The van der Waals surface area contributed by atoms with Crippen LogP contribution in [0.3, 0.4) is 0 Å². The molecular formula is C38H27N3. The summed E-state index contributed by atoms with van der Waals surface area (Å²) in [6.45, 7) is 4.69. The molecule has 8 aromatic rings. The minimum Gasteiger partial charge on any atom is -0.316 e. The van der Waals surface area contributed by atoms with E-state index in [0.717, 1.165) is 16.7 Å². The predicted molar refractivity (Wildman–Crippen MR) is 170 cm³/mol. The van der Waals surface area contributed by atoms with Crippen molar-refractivity contribution < 1.29 is 0 Å². The largest absolute Gasteiger partial charge is 0.316 e. The van der Waals surface area contributed by atoms with Crippen LogP contribution in [0.5, 0.6) is 0 Å². The van der Waals surface area contributed by atoms with Gasteiger partial charge >= 0.3 is 0 Å². The van der Waals surface area contributed by atoms with Crippen LogP contribution in [0.15, 0.2) is 128 Å². The summed E-state index contributed by atoms with van der Waals surface area (Å²) in [5, 5.41) is 4.89. The lowest BCUT2D eigenvalue weighted by atomic mass is 9.82. The van der Waals surface area contributed by atoms with Gasteiger partial charge in [-0.25, -0.2) is 0 Å². The van der Waals surface area contributed by atoms with Crippen molar-refractivity contribution in [3.8, 4) is 22.5 Å². The van der Waals surface area contributed by atoms with Crippen molar-refractivity contribution in [2.24, 2.45) is 0 Å². The molecule has 41 heavy (non-hydrogen) atoms. The summed E-state index contributed by atoms with van der Waals surface area (Å²) in [6.07, 6.45) is 4.10. The number of hydrogen-bond acceptors (Lipinski definition) is 1. The van der Waals surface area contributed by atoms with Gasteiger partial charge < -0.3 is 9.13 Å². The molecule has 3 aromatic heterocycles. The minimum atomic E-state index is -0.0618. The fourth-order valence-electron chi connectivity index (χ4n) is 7.19. The van der Waals surface area contributed by atoms with Gasteiger partial charge in [-0.05, 0) is 87.6 Å². The van der Waals surface area contributed by atoms with Gasteiger partial charge in [0.15, 0.2) is 0 Å². The molecule has 0 aliphatic heterocycles. The van der Waals surface area contributed by atoms with Crippen molar-refractivity contribution in [2.45, 2.75) is 19.3 Å². The highest BCUT2D eigenvalue weighted by atomic mass is 15.0. The van der Waals surface area contributed by atoms with Gasteiger partial charge in [-0.3, -0.25) is 4.98 Å². The molecule has 0 saturated carbocycles. The molecule has 9 rings (SSSR count). The van der Waals surface area contributed by atoms with E-state index < -0.39 is 0 Å². The van der Waals surface area contributed by atoms with Gasteiger partial charge in [-0.2, -0.15) is 0 Å². The first-order chi connectivity index (χ1) is 20.1. The van der Waals surface area contributed by atoms with E-state index >= 15 is 0 Å². The molecule has 0 unspecified atom stereocenters. The molecule has 0 amide bonds. The molecule has 0 bridgehead atoms. The van der Waals surface area contributed by atoms with Crippen molar-refractivity contribution in [3.05, 3.63) is 139 Å². The van der Waals surface area contributed by atoms with E-state index in [2.05, 4.69) is 138 Å². The summed E-state index contributed by atoms with van der Waals surface area (Å²) in [5.74, 6) is 0. The number of nitrogens with zero attached hydrogens (tertiary/aromatic N) is 3. The first-order valence-electron chi connectivity index (χ1n) is 14.2. The lowest BCUT2D eigenvalue weighted by molar-refractivity contribution is 0.660. The quantitative estimate of drug-likeness (QED) is 0.220. The second kappa shape index (κ2) is 7.96. The van der Waals surface area contributed by atoms with E-state index in [1.807, 2.05) is 12.3 Å². The summed E-state index contributed by atoms with van der Waals surface area (Å²) >= 11 is 0. The van der Waals surface area contributed by atoms with Crippen LogP contribution in [-0.4, -0.2) is 14.1 Å². The van der Waals surface area contributed by atoms with E-state index in [0.29, 0.717) is 0 Å². The molecule has 0 spiro atoms. The van der Waals surface area contributed by atoms with E-state index in [9.17, 15) is 0 Å². The maximum atomic E-state index is 4.87. The van der Waals surface area contributed by atoms with Crippen LogP contribution in [0.2, 0.25) is 0 Å². The first-order valence-corrected chi connectivity index (χ1v) is 14.2. The lowest BCUT2D eigenvalue weighted by Crippen LogP contribution is -2.15. The molecular weight excluding hydrogens is 498 g/mol. The average molecular weight is 526 g/mol. The van der Waals surface area contributed by atoms with Crippen LogP contribution >= 0.6 is 0 Å². The average Bonchev–Trinajstić information content (AvgIpc) is 3.66. The number of rotatable bonds is 2. The topological polar surface area (TPSA) is 22.8 Å². The van der Waals surface area contributed by atoms with Gasteiger partial charge in [0.2, 0.25) is 0 Å². The van der Waals surface area contributed by atoms with Crippen molar-refractivity contribution in [2.75, 3.05) is 0 Å². The third-order valence-electron chi connectivity index (χ3n) is 9.19. The first kappa shape index (κ1) is 22.6. The Morgan fingerprint density at radius 2 is 1.39 bits per heavy atom. The zero-order valence-electron chi connectivity index (χ0n) is 23.0. The molecule has 3 heterocycles. The van der Waals surface area contributed by atoms with E-state index in [4.69, 9.17) is 4.98 Å². The fourth-order valence-corrected chi connectivity index (χ4v) is 7.19. The van der Waals surface area contributed by atoms with E-state index in [-0.39, 0.29) is 5.41 Å². The summed E-state index contributed by atoms with van der Waals surface area (Å²) in [5.41, 5.74) is 12.3. The standard InChI is InChI=1S/C38H27N3/c1-38(2)32-11-6-5-10-28(32)29-16-15-27(23-33(29)38)41-35-12-7-20-39-36(35)31-17-18-34-30(37(31)41)19-21-40(34)26-14-13-24-8-3-4-9-25(24)22-26/h3-23H,1-2H3. The summed E-state index contributed by atoms with van der Waals surface area (Å²) in [7, 11) is 0. The molecule has 0 N–H and O–H groups in total. The fraction of sp³-hybridized carbons (Fsp3) is 0.0789. The Labute approximate surface area is 237 Å². The highest BCUT2D eigenvalue weighted by Gasteiger charge is 2.35. The third-order valence-corrected chi connectivity index (χ3v) is 9.19. The zero-order chi connectivity index (χ0) is 27.3. The summed E-state index contributed by atoms with van der Waals surface area (Å²) in [4.78, 5) is 4.87. The van der Waals surface area contributed by atoms with E-state index in [1.165, 1.54) is 60.5 Å². The maximum Gasteiger partial charge on any atom is 0.0963 e. The monoisotopic (exact) mass is 525 g/mol. The van der Waals surface area contributed by atoms with Crippen molar-refractivity contribution in [1.82, 2.24) is 14.1 Å². The van der Waals surface area contributed by atoms with Gasteiger partial charge in [0.1, 0.15) is 0 Å². The Morgan fingerprint density at radius 3 is 2.32 bits per heavy atom. The molecule has 0 fully saturated rings.